The Morgan fingerprint density at radius 1 is 1.00 bits per heavy atom. The molecule has 10 heteroatoms. The lowest BCUT2D eigenvalue weighted by molar-refractivity contribution is -0.114. The van der Waals surface area contributed by atoms with Crippen molar-refractivity contribution < 1.29 is 19.1 Å². The maximum absolute atomic E-state index is 12.3. The van der Waals surface area contributed by atoms with Crippen LogP contribution in [0.1, 0.15) is 17.3 Å². The summed E-state index contributed by atoms with van der Waals surface area (Å²) >= 11 is 0. The first kappa shape index (κ1) is 24.3. The predicted octanol–water partition coefficient (Wildman–Crippen LogP) is 3.91. The number of aromatic nitrogens is 2. The number of amides is 1. The number of hydrogen-bond acceptors (Lipinski definition) is 9. The highest BCUT2D eigenvalue weighted by Gasteiger charge is 2.23. The van der Waals surface area contributed by atoms with Gasteiger partial charge in [-0.1, -0.05) is 6.58 Å². The number of Topliss-reactive ketones (excluding diaryl/α,β-unsaturated/α-hetero) is 1. The van der Waals surface area contributed by atoms with E-state index in [1.165, 1.54) is 19.2 Å². The second-order valence-electron chi connectivity index (χ2n) is 8.63. The van der Waals surface area contributed by atoms with E-state index in [4.69, 9.17) is 9.47 Å². The highest BCUT2D eigenvalue weighted by Crippen LogP contribution is 2.35. The third kappa shape index (κ3) is 5.39. The first-order valence-corrected chi connectivity index (χ1v) is 12.1. The number of morpholine rings is 1. The smallest absolute Gasteiger partial charge is 0.250 e. The lowest BCUT2D eigenvalue weighted by Crippen LogP contribution is -2.36. The van der Waals surface area contributed by atoms with Crippen molar-refractivity contribution in [3.05, 3.63) is 66.9 Å². The molecular formula is C27H28N6O4. The number of ketones is 1. The average molecular weight is 501 g/mol. The fraction of sp³-hybridized carbons (Fsp3) is 0.259. The van der Waals surface area contributed by atoms with Gasteiger partial charge >= 0.3 is 0 Å². The van der Waals surface area contributed by atoms with Crippen LogP contribution in [-0.2, 0) is 9.53 Å². The van der Waals surface area contributed by atoms with E-state index in [0.717, 1.165) is 37.7 Å². The van der Waals surface area contributed by atoms with Crippen LogP contribution in [0.2, 0.25) is 0 Å². The molecule has 1 amide bonds. The summed E-state index contributed by atoms with van der Waals surface area (Å²) in [5.41, 5.74) is 3.57. The van der Waals surface area contributed by atoms with Crippen LogP contribution in [0.4, 0.5) is 34.5 Å². The van der Waals surface area contributed by atoms with Gasteiger partial charge in [-0.2, -0.15) is 4.98 Å². The highest BCUT2D eigenvalue weighted by atomic mass is 16.5. The number of nitrogens with zero attached hydrogens (tertiary/aromatic N) is 4. The van der Waals surface area contributed by atoms with Gasteiger partial charge in [-0.15, -0.1) is 0 Å². The van der Waals surface area contributed by atoms with Gasteiger partial charge in [0.25, 0.3) is 5.91 Å². The van der Waals surface area contributed by atoms with E-state index in [-0.39, 0.29) is 11.7 Å². The summed E-state index contributed by atoms with van der Waals surface area (Å²) in [4.78, 5) is 37.4. The van der Waals surface area contributed by atoms with E-state index in [0.29, 0.717) is 47.6 Å². The Labute approximate surface area is 214 Å². The van der Waals surface area contributed by atoms with E-state index in [9.17, 15) is 9.59 Å². The van der Waals surface area contributed by atoms with E-state index in [1.54, 1.807) is 17.0 Å². The number of fused-ring (bicyclic) bond motifs is 1. The van der Waals surface area contributed by atoms with Gasteiger partial charge in [-0.25, -0.2) is 4.98 Å². The molecule has 0 atom stereocenters. The fourth-order valence-electron chi connectivity index (χ4n) is 4.27. The molecule has 37 heavy (non-hydrogen) atoms. The molecule has 1 saturated heterocycles. The van der Waals surface area contributed by atoms with Crippen molar-refractivity contribution in [2.24, 2.45) is 0 Å². The molecule has 1 aromatic heterocycles. The summed E-state index contributed by atoms with van der Waals surface area (Å²) in [5.74, 6) is 0.918. The minimum Gasteiger partial charge on any atom is -0.490 e. The monoisotopic (exact) mass is 500 g/mol. The zero-order valence-electron chi connectivity index (χ0n) is 20.6. The lowest BCUT2D eigenvalue weighted by atomic mass is 10.2. The summed E-state index contributed by atoms with van der Waals surface area (Å²) in [6.45, 7) is 9.07. The first-order valence-electron chi connectivity index (χ1n) is 12.1. The Bertz CT molecular complexity index is 1320. The quantitative estimate of drug-likeness (QED) is 0.369. The molecule has 0 spiro atoms. The normalized spacial score (nSPS) is 14.8. The summed E-state index contributed by atoms with van der Waals surface area (Å²) in [7, 11) is 0. The number of carbonyl (C=O) groups is 2. The molecule has 0 bridgehead atoms. The van der Waals surface area contributed by atoms with Crippen molar-refractivity contribution in [3.63, 3.8) is 0 Å². The SMILES string of the molecule is C=CC(=O)N1CCOc2ccc(Nc3nc(Nc4ccc(N5CCOCC5)cc4)ncc3C(C)=O)cc21. The van der Waals surface area contributed by atoms with E-state index < -0.39 is 0 Å². The number of anilines is 6. The van der Waals surface area contributed by atoms with Gasteiger partial charge in [0.1, 0.15) is 18.2 Å². The van der Waals surface area contributed by atoms with Crippen LogP contribution < -0.4 is 25.2 Å². The van der Waals surface area contributed by atoms with Crippen LogP contribution in [0.3, 0.4) is 0 Å². The molecule has 3 aromatic rings. The van der Waals surface area contributed by atoms with Gasteiger partial charge < -0.3 is 29.9 Å². The molecule has 10 nitrogen and oxygen atoms in total. The Balaban J connectivity index is 1.37. The maximum atomic E-state index is 12.3. The van der Waals surface area contributed by atoms with Gasteiger partial charge in [-0.3, -0.25) is 9.59 Å². The van der Waals surface area contributed by atoms with Crippen molar-refractivity contribution in [2.45, 2.75) is 6.92 Å². The molecule has 0 saturated carbocycles. The average Bonchev–Trinajstić information content (AvgIpc) is 2.93. The van der Waals surface area contributed by atoms with Crippen molar-refractivity contribution in [3.8, 4) is 5.75 Å². The Morgan fingerprint density at radius 2 is 1.76 bits per heavy atom. The molecule has 0 aliphatic carbocycles. The van der Waals surface area contributed by atoms with Crippen molar-refractivity contribution in [1.29, 1.82) is 0 Å². The van der Waals surface area contributed by atoms with Crippen LogP contribution in [-0.4, -0.2) is 61.1 Å². The Hall–Kier alpha value is -4.44. The van der Waals surface area contributed by atoms with Crippen molar-refractivity contribution in [2.75, 3.05) is 59.9 Å². The molecule has 2 aliphatic heterocycles. The summed E-state index contributed by atoms with van der Waals surface area (Å²) < 4.78 is 11.1. The van der Waals surface area contributed by atoms with Gasteiger partial charge in [0.05, 0.1) is 31.0 Å². The second kappa shape index (κ2) is 10.7. The third-order valence-corrected chi connectivity index (χ3v) is 6.19. The number of carbonyl (C=O) groups excluding carboxylic acids is 2. The molecule has 0 radical (unpaired) electrons. The summed E-state index contributed by atoms with van der Waals surface area (Å²) in [5, 5.41) is 6.42. The van der Waals surface area contributed by atoms with Crippen LogP contribution in [0.5, 0.6) is 5.75 Å². The summed E-state index contributed by atoms with van der Waals surface area (Å²) in [6, 6.07) is 13.4. The molecule has 2 aliphatic rings. The molecule has 5 rings (SSSR count). The van der Waals surface area contributed by atoms with E-state index in [2.05, 4.69) is 32.1 Å². The molecule has 3 heterocycles. The third-order valence-electron chi connectivity index (χ3n) is 6.19. The molecular weight excluding hydrogens is 472 g/mol. The van der Waals surface area contributed by atoms with E-state index in [1.807, 2.05) is 30.3 Å². The molecule has 1 fully saturated rings. The lowest BCUT2D eigenvalue weighted by Gasteiger charge is -2.29. The standard InChI is InChI=1S/C27H28N6O4/c1-3-25(35)33-12-15-37-24-9-6-20(16-23(24)33)29-26-22(18(2)34)17-28-27(31-26)30-19-4-7-21(8-5-19)32-10-13-36-14-11-32/h3-9,16-17H,1,10-15H2,2H3,(H2,28,29,30,31). The number of ether oxygens (including phenoxy) is 2. The zero-order valence-corrected chi connectivity index (χ0v) is 20.6. The van der Waals surface area contributed by atoms with Crippen LogP contribution >= 0.6 is 0 Å². The van der Waals surface area contributed by atoms with Crippen LogP contribution in [0, 0.1) is 0 Å². The molecule has 0 unspecified atom stereocenters. The van der Waals surface area contributed by atoms with Gasteiger partial charge in [0.2, 0.25) is 5.95 Å². The molecule has 190 valence electrons. The minimum atomic E-state index is -0.209. The van der Waals surface area contributed by atoms with Crippen molar-refractivity contribution in [1.82, 2.24) is 9.97 Å². The first-order chi connectivity index (χ1) is 18.0. The molecule has 2 aromatic carbocycles. The largest absolute Gasteiger partial charge is 0.490 e. The second-order valence-corrected chi connectivity index (χ2v) is 8.63. The van der Waals surface area contributed by atoms with E-state index >= 15 is 0 Å². The van der Waals surface area contributed by atoms with Crippen molar-refractivity contribution >= 4 is 46.2 Å². The number of benzene rings is 2. The predicted molar refractivity (Wildman–Crippen MR) is 143 cm³/mol. The maximum Gasteiger partial charge on any atom is 0.250 e. The number of nitrogens with one attached hydrogen (secondary N) is 2. The van der Waals surface area contributed by atoms with Crippen LogP contribution in [0.25, 0.3) is 0 Å². The number of rotatable bonds is 7. The Morgan fingerprint density at radius 3 is 2.49 bits per heavy atom. The topological polar surface area (TPSA) is 109 Å². The van der Waals surface area contributed by atoms with Gasteiger partial charge in [-0.05, 0) is 55.5 Å². The van der Waals surface area contributed by atoms with Gasteiger partial charge in [0.15, 0.2) is 5.78 Å². The summed E-state index contributed by atoms with van der Waals surface area (Å²) in [6.07, 6.45) is 2.77. The molecule has 2 N–H and O–H groups in total. The van der Waals surface area contributed by atoms with Crippen LogP contribution in [0.15, 0.2) is 61.3 Å². The zero-order chi connectivity index (χ0) is 25.8. The highest BCUT2D eigenvalue weighted by molar-refractivity contribution is 6.03. The minimum absolute atomic E-state index is 0.173. The number of hydrogen-bond donors (Lipinski definition) is 2. The Kier molecular flexibility index (Phi) is 7.00. The van der Waals surface area contributed by atoms with Gasteiger partial charge in [0, 0.05) is 36.3 Å². The fourth-order valence-corrected chi connectivity index (χ4v) is 4.27.